The van der Waals surface area contributed by atoms with E-state index in [1.807, 2.05) is 18.7 Å². The predicted molar refractivity (Wildman–Crippen MR) is 73.3 cm³/mol. The smallest absolute Gasteiger partial charge is 0.267 e. The molecule has 0 aliphatic rings. The number of carbonyl (C=O) groups excluding carboxylic acids is 1. The summed E-state index contributed by atoms with van der Waals surface area (Å²) >= 11 is 1.83. The number of anilines is 2. The molecule has 5 N–H and O–H groups in total. The molecule has 1 rings (SSSR count). The third-order valence-corrected chi connectivity index (χ3v) is 3.28. The quantitative estimate of drug-likeness (QED) is 0.711. The van der Waals surface area contributed by atoms with Crippen molar-refractivity contribution in [2.75, 3.05) is 22.6 Å². The molecule has 0 fully saturated rings. The van der Waals surface area contributed by atoms with Crippen LogP contribution in [0.25, 0.3) is 0 Å². The molecule has 5 nitrogen and oxygen atoms in total. The molecule has 94 valence electrons. The molecule has 0 aromatic carbocycles. The Morgan fingerprint density at radius 1 is 1.59 bits per heavy atom. The van der Waals surface area contributed by atoms with Crippen LogP contribution < -0.4 is 16.8 Å². The highest BCUT2D eigenvalue weighted by Gasteiger charge is 2.09. The lowest BCUT2D eigenvalue weighted by atomic mass is 10.3. The van der Waals surface area contributed by atoms with Gasteiger partial charge in [-0.2, -0.15) is 11.8 Å². The van der Waals surface area contributed by atoms with Crippen LogP contribution in [0.15, 0.2) is 12.1 Å². The van der Waals surface area contributed by atoms with Crippen LogP contribution in [-0.2, 0) is 0 Å². The Labute approximate surface area is 105 Å². The van der Waals surface area contributed by atoms with Crippen molar-refractivity contribution >= 4 is 29.2 Å². The van der Waals surface area contributed by atoms with E-state index in [1.54, 1.807) is 6.07 Å². The molecule has 0 aliphatic heterocycles. The summed E-state index contributed by atoms with van der Waals surface area (Å²) in [7, 11) is 0. The first-order valence-electron chi connectivity index (χ1n) is 5.45. The average molecular weight is 254 g/mol. The van der Waals surface area contributed by atoms with E-state index in [9.17, 15) is 4.79 Å². The summed E-state index contributed by atoms with van der Waals surface area (Å²) < 4.78 is 0. The number of nitrogens with two attached hydrogens (primary N) is 2. The second-order valence-corrected chi connectivity index (χ2v) is 5.02. The number of nitrogens with one attached hydrogen (secondary N) is 1. The molecule has 6 heteroatoms. The zero-order valence-electron chi connectivity index (χ0n) is 10.1. The summed E-state index contributed by atoms with van der Waals surface area (Å²) in [5.41, 5.74) is 11.7. The van der Waals surface area contributed by atoms with Crippen molar-refractivity contribution in [2.24, 2.45) is 5.73 Å². The van der Waals surface area contributed by atoms with Crippen LogP contribution in [0.2, 0.25) is 0 Å². The molecule has 0 aliphatic carbocycles. The summed E-state index contributed by atoms with van der Waals surface area (Å²) in [6.45, 7) is 4.15. The van der Waals surface area contributed by atoms with Gasteiger partial charge in [0.05, 0.1) is 5.69 Å². The van der Waals surface area contributed by atoms with E-state index in [4.69, 9.17) is 11.5 Å². The summed E-state index contributed by atoms with van der Waals surface area (Å²) in [4.78, 5) is 15.1. The number of carbonyl (C=O) groups is 1. The van der Waals surface area contributed by atoms with Gasteiger partial charge in [-0.1, -0.05) is 6.92 Å². The maximum absolute atomic E-state index is 11.0. The molecule has 0 spiro atoms. The monoisotopic (exact) mass is 254 g/mol. The lowest BCUT2D eigenvalue weighted by Gasteiger charge is -2.15. The number of hydrogen-bond acceptors (Lipinski definition) is 5. The second-order valence-electron chi connectivity index (χ2n) is 3.70. The Kier molecular flexibility index (Phi) is 5.09. The topological polar surface area (TPSA) is 94.0 Å². The highest BCUT2D eigenvalue weighted by Crippen LogP contribution is 2.17. The second kappa shape index (κ2) is 6.34. The Balaban J connectivity index is 2.75. The minimum atomic E-state index is -0.552. The number of nitrogens with zero attached hydrogens (tertiary/aromatic N) is 1. The maximum Gasteiger partial charge on any atom is 0.267 e. The van der Waals surface area contributed by atoms with Gasteiger partial charge >= 0.3 is 0 Å². The van der Waals surface area contributed by atoms with Crippen molar-refractivity contribution in [1.29, 1.82) is 0 Å². The van der Waals surface area contributed by atoms with Gasteiger partial charge in [0, 0.05) is 11.8 Å². The number of hydrogen-bond donors (Lipinski definition) is 3. The van der Waals surface area contributed by atoms with E-state index in [1.165, 1.54) is 6.07 Å². The highest BCUT2D eigenvalue weighted by atomic mass is 32.2. The Hall–Kier alpha value is -1.43. The molecule has 0 bridgehead atoms. The van der Waals surface area contributed by atoms with Crippen molar-refractivity contribution in [3.63, 3.8) is 0 Å². The number of thioether (sulfide) groups is 1. The molecule has 1 aromatic heterocycles. The summed E-state index contributed by atoms with van der Waals surface area (Å²) in [5, 5.41) is 3.18. The fraction of sp³-hybridized carbons (Fsp3) is 0.455. The van der Waals surface area contributed by atoms with E-state index in [2.05, 4.69) is 17.2 Å². The van der Waals surface area contributed by atoms with Gasteiger partial charge in [0.25, 0.3) is 5.91 Å². The molecule has 0 saturated carbocycles. The van der Waals surface area contributed by atoms with E-state index >= 15 is 0 Å². The van der Waals surface area contributed by atoms with Gasteiger partial charge in [0.15, 0.2) is 0 Å². The van der Waals surface area contributed by atoms with E-state index < -0.39 is 5.91 Å². The number of primary amides is 1. The molecular weight excluding hydrogens is 236 g/mol. The lowest BCUT2D eigenvalue weighted by molar-refractivity contribution is 0.0995. The van der Waals surface area contributed by atoms with Crippen molar-refractivity contribution in [3.05, 3.63) is 17.8 Å². The van der Waals surface area contributed by atoms with Gasteiger partial charge < -0.3 is 16.8 Å². The fourth-order valence-corrected chi connectivity index (χ4v) is 1.97. The van der Waals surface area contributed by atoms with Gasteiger partial charge in [0.2, 0.25) is 0 Å². The van der Waals surface area contributed by atoms with Crippen LogP contribution in [-0.4, -0.2) is 28.4 Å². The van der Waals surface area contributed by atoms with Crippen molar-refractivity contribution in [3.8, 4) is 0 Å². The van der Waals surface area contributed by atoms with Gasteiger partial charge in [-0.3, -0.25) is 4.79 Å². The van der Waals surface area contributed by atoms with Crippen molar-refractivity contribution < 1.29 is 4.79 Å². The predicted octanol–water partition coefficient (Wildman–Crippen LogP) is 1.32. The van der Waals surface area contributed by atoms with Crippen LogP contribution in [0.5, 0.6) is 0 Å². The number of pyridine rings is 1. The first-order chi connectivity index (χ1) is 8.04. The molecular formula is C11H18N4OS. The van der Waals surface area contributed by atoms with Crippen molar-refractivity contribution in [1.82, 2.24) is 4.98 Å². The fourth-order valence-electron chi connectivity index (χ4n) is 1.29. The van der Waals surface area contributed by atoms with Gasteiger partial charge in [0.1, 0.15) is 11.5 Å². The summed E-state index contributed by atoms with van der Waals surface area (Å²) in [5.74, 6) is 1.99. The van der Waals surface area contributed by atoms with Crippen LogP contribution >= 0.6 is 11.8 Å². The van der Waals surface area contributed by atoms with Crippen LogP contribution in [0.3, 0.4) is 0 Å². The summed E-state index contributed by atoms with van der Waals surface area (Å²) in [6.07, 6.45) is 0. The zero-order chi connectivity index (χ0) is 12.8. The summed E-state index contributed by atoms with van der Waals surface area (Å²) in [6, 6.07) is 3.39. The van der Waals surface area contributed by atoms with Gasteiger partial charge in [-0.05, 0) is 24.8 Å². The largest absolute Gasteiger partial charge is 0.396 e. The molecule has 1 amide bonds. The first kappa shape index (κ1) is 13.6. The zero-order valence-corrected chi connectivity index (χ0v) is 10.9. The molecule has 17 heavy (non-hydrogen) atoms. The number of aromatic nitrogens is 1. The van der Waals surface area contributed by atoms with Crippen LogP contribution in [0, 0.1) is 0 Å². The van der Waals surface area contributed by atoms with E-state index in [0.717, 1.165) is 11.5 Å². The van der Waals surface area contributed by atoms with Crippen LogP contribution in [0.1, 0.15) is 24.3 Å². The van der Waals surface area contributed by atoms with Gasteiger partial charge in [-0.25, -0.2) is 4.98 Å². The lowest BCUT2D eigenvalue weighted by Crippen LogP contribution is -2.21. The van der Waals surface area contributed by atoms with Crippen LogP contribution in [0.4, 0.5) is 11.5 Å². The minimum Gasteiger partial charge on any atom is -0.396 e. The van der Waals surface area contributed by atoms with E-state index in [-0.39, 0.29) is 11.7 Å². The number of amides is 1. The SMILES string of the molecule is CCSCC(C)Nc1nc(C(N)=O)ccc1N. The Morgan fingerprint density at radius 2 is 2.29 bits per heavy atom. The normalized spacial score (nSPS) is 12.1. The standard InChI is InChI=1S/C11H18N4OS/c1-3-17-6-7(2)14-11-8(12)4-5-9(15-11)10(13)16/h4-5,7H,3,6,12H2,1-2H3,(H2,13,16)(H,14,15). The molecule has 0 saturated heterocycles. The number of nitrogen functional groups attached to an aromatic ring is 1. The minimum absolute atomic E-state index is 0.219. The third-order valence-electron chi connectivity index (χ3n) is 2.13. The Bertz CT molecular complexity index is 397. The molecule has 1 atom stereocenters. The van der Waals surface area contributed by atoms with E-state index in [0.29, 0.717) is 11.5 Å². The van der Waals surface area contributed by atoms with Gasteiger partial charge in [-0.15, -0.1) is 0 Å². The maximum atomic E-state index is 11.0. The molecule has 1 unspecified atom stereocenters. The Morgan fingerprint density at radius 3 is 2.88 bits per heavy atom. The molecule has 0 radical (unpaired) electrons. The highest BCUT2D eigenvalue weighted by molar-refractivity contribution is 7.99. The third kappa shape index (κ3) is 4.14. The average Bonchev–Trinajstić information content (AvgIpc) is 2.29. The number of rotatable bonds is 6. The first-order valence-corrected chi connectivity index (χ1v) is 6.60. The molecule has 1 aromatic rings. The molecule has 1 heterocycles. The van der Waals surface area contributed by atoms with Crippen molar-refractivity contribution in [2.45, 2.75) is 19.9 Å².